The second-order valence-corrected chi connectivity index (χ2v) is 8.62. The highest BCUT2D eigenvalue weighted by Crippen LogP contribution is 2.28. The van der Waals surface area contributed by atoms with E-state index in [2.05, 4.69) is 4.90 Å². The Morgan fingerprint density at radius 2 is 1.69 bits per heavy atom. The van der Waals surface area contributed by atoms with Gasteiger partial charge in [0, 0.05) is 37.1 Å². The maximum atomic E-state index is 12.9. The Balaban J connectivity index is 1.40. The molecular weight excluding hydrogens is 444 g/mol. The molecule has 0 spiro atoms. The van der Waals surface area contributed by atoms with E-state index in [1.54, 1.807) is 12.1 Å². The van der Waals surface area contributed by atoms with E-state index in [0.717, 1.165) is 28.4 Å². The van der Waals surface area contributed by atoms with Gasteiger partial charge in [0.25, 0.3) is 0 Å². The number of piperazine rings is 1. The lowest BCUT2D eigenvalue weighted by molar-refractivity contribution is -0.137. The van der Waals surface area contributed by atoms with Gasteiger partial charge in [-0.3, -0.25) is 25.3 Å². The number of ether oxygens (including phenoxy) is 1. The summed E-state index contributed by atoms with van der Waals surface area (Å²) in [5.41, 5.74) is 13.5. The van der Waals surface area contributed by atoms with Crippen LogP contribution in [0.15, 0.2) is 60.7 Å². The van der Waals surface area contributed by atoms with Crippen molar-refractivity contribution in [2.75, 3.05) is 19.6 Å². The second kappa shape index (κ2) is 10.4. The number of amidine groups is 2. The summed E-state index contributed by atoms with van der Waals surface area (Å²) >= 11 is 0. The van der Waals surface area contributed by atoms with Crippen LogP contribution in [0.5, 0.6) is 5.75 Å². The third kappa shape index (κ3) is 6.01. The van der Waals surface area contributed by atoms with Crippen LogP contribution in [0.1, 0.15) is 23.1 Å². The Hall–Kier alpha value is -4.24. The number of benzene rings is 3. The Morgan fingerprint density at radius 1 is 0.943 bits per heavy atom. The molecule has 1 aliphatic rings. The van der Waals surface area contributed by atoms with Crippen molar-refractivity contribution in [3.63, 3.8) is 0 Å². The largest absolute Gasteiger partial charge is 0.426 e. The first-order chi connectivity index (χ1) is 16.8. The number of nitrogens with one attached hydrogen (secondary N) is 2. The molecule has 1 saturated heterocycles. The van der Waals surface area contributed by atoms with Crippen molar-refractivity contribution in [3.05, 3.63) is 77.4 Å². The van der Waals surface area contributed by atoms with Gasteiger partial charge in [-0.2, -0.15) is 0 Å². The number of esters is 1. The van der Waals surface area contributed by atoms with Crippen LogP contribution < -0.4 is 16.2 Å². The first kappa shape index (κ1) is 23.9. The molecule has 9 heteroatoms. The van der Waals surface area contributed by atoms with E-state index in [1.165, 1.54) is 0 Å². The monoisotopic (exact) mass is 472 g/mol. The van der Waals surface area contributed by atoms with E-state index in [0.29, 0.717) is 37.5 Å². The maximum absolute atomic E-state index is 12.9. The predicted octanol–water partition coefficient (Wildman–Crippen LogP) is 2.20. The van der Waals surface area contributed by atoms with Crippen molar-refractivity contribution in [1.29, 1.82) is 10.8 Å². The summed E-state index contributed by atoms with van der Waals surface area (Å²) in [5.74, 6) is -0.338. The number of amides is 1. The second-order valence-electron chi connectivity index (χ2n) is 8.62. The normalized spacial score (nSPS) is 14.2. The van der Waals surface area contributed by atoms with E-state index in [-0.39, 0.29) is 24.0 Å². The van der Waals surface area contributed by atoms with Gasteiger partial charge in [0.2, 0.25) is 5.91 Å². The molecule has 3 aromatic carbocycles. The van der Waals surface area contributed by atoms with Crippen molar-refractivity contribution in [2.24, 2.45) is 11.5 Å². The minimum atomic E-state index is -0.586. The molecule has 1 aliphatic heterocycles. The lowest BCUT2D eigenvalue weighted by atomic mass is 10.1. The molecule has 1 fully saturated rings. The maximum Gasteiger partial charge on any atom is 0.318 e. The number of hydrogen-bond acceptors (Lipinski definition) is 6. The average molecular weight is 473 g/mol. The molecule has 0 aromatic heterocycles. The summed E-state index contributed by atoms with van der Waals surface area (Å²) in [4.78, 5) is 28.8. The number of nitrogens with two attached hydrogens (primary N) is 2. The topological polar surface area (TPSA) is 150 Å². The van der Waals surface area contributed by atoms with E-state index < -0.39 is 5.97 Å². The van der Waals surface area contributed by atoms with Gasteiger partial charge in [-0.05, 0) is 28.6 Å². The summed E-state index contributed by atoms with van der Waals surface area (Å²) in [6, 6.07) is 18.8. The van der Waals surface area contributed by atoms with Gasteiger partial charge >= 0.3 is 5.97 Å². The molecule has 0 saturated carbocycles. The molecule has 180 valence electrons. The molecule has 4 rings (SSSR count). The lowest BCUT2D eigenvalue weighted by Gasteiger charge is -2.34. The highest BCUT2D eigenvalue weighted by molar-refractivity contribution is 5.97. The number of hydrogen-bond donors (Lipinski definition) is 4. The average Bonchev–Trinajstić information content (AvgIpc) is 2.81. The fourth-order valence-corrected chi connectivity index (χ4v) is 4.12. The fourth-order valence-electron chi connectivity index (χ4n) is 4.12. The molecule has 9 nitrogen and oxygen atoms in total. The number of carbonyl (C=O) groups is 2. The van der Waals surface area contributed by atoms with Crippen LogP contribution in [0.2, 0.25) is 0 Å². The van der Waals surface area contributed by atoms with Crippen LogP contribution in [0.25, 0.3) is 10.8 Å². The third-order valence-electron chi connectivity index (χ3n) is 5.91. The molecule has 0 aliphatic carbocycles. The first-order valence-electron chi connectivity index (χ1n) is 11.3. The van der Waals surface area contributed by atoms with Crippen molar-refractivity contribution in [2.45, 2.75) is 19.5 Å². The minimum Gasteiger partial charge on any atom is -0.426 e. The first-order valence-corrected chi connectivity index (χ1v) is 11.3. The van der Waals surface area contributed by atoms with Gasteiger partial charge in [0.1, 0.15) is 23.8 Å². The van der Waals surface area contributed by atoms with Gasteiger partial charge in [-0.15, -0.1) is 0 Å². The van der Waals surface area contributed by atoms with Gasteiger partial charge < -0.3 is 21.1 Å². The number of nitrogens with zero attached hydrogens (tertiary/aromatic N) is 2. The van der Waals surface area contributed by atoms with Gasteiger partial charge in [0.15, 0.2) is 0 Å². The van der Waals surface area contributed by atoms with Crippen LogP contribution >= 0.6 is 0 Å². The molecule has 0 radical (unpaired) electrons. The summed E-state index contributed by atoms with van der Waals surface area (Å²) in [5, 5.41) is 16.4. The standard InChI is InChI=1S/C26H28N6O3/c27-23(28)13-25(34)35-22-3-1-2-19-7-6-18(12-21(19)22)15-32-11-10-31(16-24(32)33)14-17-4-8-20(9-5-17)26(29)30/h1-9,12H,10-11,13-16H2,(H3,27,28)(H3,29,30). The SMILES string of the molecule is N=C(N)CC(=O)Oc1cccc2ccc(CN3CCN(Cc4ccc(C(=N)N)cc4)CC3=O)cc12. The van der Waals surface area contributed by atoms with E-state index in [4.69, 9.17) is 27.0 Å². The van der Waals surface area contributed by atoms with Gasteiger partial charge in [-0.25, -0.2) is 0 Å². The number of carbonyl (C=O) groups excluding carboxylic acids is 2. The van der Waals surface area contributed by atoms with Crippen LogP contribution in [0.4, 0.5) is 0 Å². The Labute approximate surface area is 203 Å². The summed E-state index contributed by atoms with van der Waals surface area (Å²) in [6.07, 6.45) is -0.268. The summed E-state index contributed by atoms with van der Waals surface area (Å²) < 4.78 is 5.43. The molecule has 1 heterocycles. The van der Waals surface area contributed by atoms with Gasteiger partial charge in [0.05, 0.1) is 6.54 Å². The predicted molar refractivity (Wildman–Crippen MR) is 134 cm³/mol. The van der Waals surface area contributed by atoms with Crippen LogP contribution in [0.3, 0.4) is 0 Å². The quantitative estimate of drug-likeness (QED) is 0.171. The lowest BCUT2D eigenvalue weighted by Crippen LogP contribution is -2.49. The van der Waals surface area contributed by atoms with Crippen LogP contribution in [-0.4, -0.2) is 53.0 Å². The molecule has 0 unspecified atom stereocenters. The molecule has 3 aromatic rings. The highest BCUT2D eigenvalue weighted by Gasteiger charge is 2.24. The van der Waals surface area contributed by atoms with Crippen molar-refractivity contribution in [3.8, 4) is 5.75 Å². The number of fused-ring (bicyclic) bond motifs is 1. The van der Waals surface area contributed by atoms with Crippen LogP contribution in [-0.2, 0) is 22.7 Å². The van der Waals surface area contributed by atoms with Gasteiger partial charge in [-0.1, -0.05) is 48.5 Å². The summed E-state index contributed by atoms with van der Waals surface area (Å²) in [6.45, 7) is 2.81. The van der Waals surface area contributed by atoms with E-state index in [9.17, 15) is 9.59 Å². The zero-order valence-electron chi connectivity index (χ0n) is 19.3. The molecule has 6 N–H and O–H groups in total. The smallest absolute Gasteiger partial charge is 0.318 e. The van der Waals surface area contributed by atoms with Crippen molar-refractivity contribution >= 4 is 34.3 Å². The summed E-state index contributed by atoms with van der Waals surface area (Å²) in [7, 11) is 0. The number of nitrogen functional groups attached to an aromatic ring is 1. The Kier molecular flexibility index (Phi) is 7.07. The zero-order valence-corrected chi connectivity index (χ0v) is 19.3. The van der Waals surface area contributed by atoms with Crippen LogP contribution in [0, 0.1) is 10.8 Å². The fraction of sp³-hybridized carbons (Fsp3) is 0.231. The molecule has 0 atom stereocenters. The Morgan fingerprint density at radius 3 is 2.37 bits per heavy atom. The molecule has 35 heavy (non-hydrogen) atoms. The van der Waals surface area contributed by atoms with Crippen molar-refractivity contribution < 1.29 is 14.3 Å². The Bertz CT molecular complexity index is 1290. The van der Waals surface area contributed by atoms with E-state index in [1.807, 2.05) is 53.4 Å². The molecule has 0 bridgehead atoms. The molecular formula is C26H28N6O3. The highest BCUT2D eigenvalue weighted by atomic mass is 16.5. The van der Waals surface area contributed by atoms with E-state index >= 15 is 0 Å². The van der Waals surface area contributed by atoms with Crippen molar-refractivity contribution in [1.82, 2.24) is 9.80 Å². The zero-order chi connectivity index (χ0) is 24.9. The third-order valence-corrected chi connectivity index (χ3v) is 5.91. The minimum absolute atomic E-state index is 0.0374. The molecule has 1 amide bonds. The number of rotatable bonds is 8.